The normalized spacial score (nSPS) is 46.6. The van der Waals surface area contributed by atoms with Gasteiger partial charge in [0.25, 0.3) is 0 Å². The molecule has 21 heavy (non-hydrogen) atoms. The minimum absolute atomic E-state index is 0.411. The lowest BCUT2D eigenvalue weighted by Gasteiger charge is -2.58. The zero-order valence-corrected chi connectivity index (χ0v) is 15.3. The van der Waals surface area contributed by atoms with Gasteiger partial charge in [0.15, 0.2) is 0 Å². The molecule has 0 heteroatoms. The third-order valence-electron chi connectivity index (χ3n) is 8.44. The lowest BCUT2D eigenvalue weighted by molar-refractivity contribution is -0.0373. The van der Waals surface area contributed by atoms with E-state index in [2.05, 4.69) is 41.5 Å². The van der Waals surface area contributed by atoms with Crippen LogP contribution in [0.15, 0.2) is 11.1 Å². The maximum Gasteiger partial charge on any atom is -0.00881 e. The first-order valence-electron chi connectivity index (χ1n) is 9.39. The van der Waals surface area contributed by atoms with Gasteiger partial charge in [0.05, 0.1) is 0 Å². The second kappa shape index (κ2) is 4.87. The van der Waals surface area contributed by atoms with Crippen molar-refractivity contribution in [2.45, 2.75) is 92.9 Å². The lowest BCUT2D eigenvalue weighted by Crippen LogP contribution is -2.48. The monoisotopic (exact) mass is 288 g/mol. The minimum atomic E-state index is 0.411. The minimum Gasteiger partial charge on any atom is -0.0735 e. The van der Waals surface area contributed by atoms with E-state index < -0.39 is 0 Å². The molecule has 2 fully saturated rings. The fraction of sp³-hybridized carbons (Fsp3) is 0.905. The van der Waals surface area contributed by atoms with Gasteiger partial charge in [0, 0.05) is 0 Å². The van der Waals surface area contributed by atoms with Crippen LogP contribution in [0, 0.1) is 28.1 Å². The summed E-state index contributed by atoms with van der Waals surface area (Å²) in [5.74, 6) is 1.89. The number of hydrogen-bond donors (Lipinski definition) is 0. The Balaban J connectivity index is 2.05. The first-order valence-corrected chi connectivity index (χ1v) is 9.39. The van der Waals surface area contributed by atoms with Gasteiger partial charge < -0.3 is 0 Å². The first-order chi connectivity index (χ1) is 9.70. The Morgan fingerprint density at radius 3 is 2.38 bits per heavy atom. The summed E-state index contributed by atoms with van der Waals surface area (Å²) in [5.41, 5.74) is 5.09. The van der Waals surface area contributed by atoms with Crippen molar-refractivity contribution in [3.63, 3.8) is 0 Å². The number of fused-ring (bicyclic) bond motifs is 3. The Morgan fingerprint density at radius 1 is 0.952 bits per heavy atom. The molecule has 2 saturated carbocycles. The van der Waals surface area contributed by atoms with Crippen LogP contribution in [-0.2, 0) is 0 Å². The molecule has 0 spiro atoms. The highest BCUT2D eigenvalue weighted by atomic mass is 14.6. The number of allylic oxidation sites excluding steroid dienone is 2. The Bertz CT molecular complexity index is 455. The molecule has 3 aliphatic rings. The molecule has 3 aliphatic carbocycles. The van der Waals surface area contributed by atoms with Crippen LogP contribution in [0.5, 0.6) is 0 Å². The zero-order chi connectivity index (χ0) is 15.5. The van der Waals surface area contributed by atoms with Crippen molar-refractivity contribution in [2.24, 2.45) is 28.1 Å². The van der Waals surface area contributed by atoms with Crippen molar-refractivity contribution in [1.29, 1.82) is 0 Å². The average Bonchev–Trinajstić information content (AvgIpc) is 2.39. The third kappa shape index (κ3) is 2.23. The highest BCUT2D eigenvalue weighted by molar-refractivity contribution is 5.28. The SMILES string of the molecule is CC1=C2CC[C@]3(C)CCCC(C)C3C[C@](C)(CC1)C2(C)C. The van der Waals surface area contributed by atoms with Crippen molar-refractivity contribution in [1.82, 2.24) is 0 Å². The van der Waals surface area contributed by atoms with E-state index in [0.29, 0.717) is 16.2 Å². The first kappa shape index (κ1) is 15.6. The topological polar surface area (TPSA) is 0 Å². The van der Waals surface area contributed by atoms with E-state index in [9.17, 15) is 0 Å². The standard InChI is InChI=1S/C21H36/c1-15-8-7-11-20(5)12-10-17-16(2)9-13-21(6,14-18(15)20)19(17,3)4/h15,18H,7-14H2,1-6H3/t15?,18?,20-,21-/m0/s1. The molecule has 0 amide bonds. The molecule has 0 nitrogen and oxygen atoms in total. The van der Waals surface area contributed by atoms with Gasteiger partial charge in [-0.1, -0.05) is 58.6 Å². The highest BCUT2D eigenvalue weighted by Gasteiger charge is 2.53. The van der Waals surface area contributed by atoms with Crippen LogP contribution in [0.25, 0.3) is 0 Å². The number of rotatable bonds is 0. The molecule has 0 aromatic rings. The molecule has 0 aromatic carbocycles. The molecule has 0 aliphatic heterocycles. The predicted octanol–water partition coefficient (Wildman–Crippen LogP) is 6.76. The second-order valence-corrected chi connectivity index (χ2v) is 9.78. The van der Waals surface area contributed by atoms with Crippen molar-refractivity contribution >= 4 is 0 Å². The Labute approximate surface area is 132 Å². The zero-order valence-electron chi connectivity index (χ0n) is 15.3. The van der Waals surface area contributed by atoms with Gasteiger partial charge in [0.1, 0.15) is 0 Å². The van der Waals surface area contributed by atoms with E-state index in [4.69, 9.17) is 0 Å². The maximum atomic E-state index is 2.63. The Hall–Kier alpha value is -0.260. The number of hydrogen-bond acceptors (Lipinski definition) is 0. The molecule has 0 N–H and O–H groups in total. The summed E-state index contributed by atoms with van der Waals surface area (Å²) >= 11 is 0. The summed E-state index contributed by atoms with van der Waals surface area (Å²) in [4.78, 5) is 0. The fourth-order valence-electron chi connectivity index (χ4n) is 6.26. The summed E-state index contributed by atoms with van der Waals surface area (Å²) in [7, 11) is 0. The second-order valence-electron chi connectivity index (χ2n) is 9.78. The lowest BCUT2D eigenvalue weighted by atomic mass is 9.46. The highest BCUT2D eigenvalue weighted by Crippen LogP contribution is 2.63. The molecule has 2 unspecified atom stereocenters. The largest absolute Gasteiger partial charge is 0.0735 e. The molecular weight excluding hydrogens is 252 g/mol. The van der Waals surface area contributed by atoms with Crippen molar-refractivity contribution in [3.8, 4) is 0 Å². The quantitative estimate of drug-likeness (QED) is 0.432. The molecule has 0 heterocycles. The van der Waals surface area contributed by atoms with Crippen LogP contribution >= 0.6 is 0 Å². The predicted molar refractivity (Wildman–Crippen MR) is 92.3 cm³/mol. The van der Waals surface area contributed by atoms with Crippen LogP contribution in [0.4, 0.5) is 0 Å². The van der Waals surface area contributed by atoms with Gasteiger partial charge in [-0.25, -0.2) is 0 Å². The van der Waals surface area contributed by atoms with Crippen molar-refractivity contribution in [3.05, 3.63) is 11.1 Å². The van der Waals surface area contributed by atoms with Gasteiger partial charge in [-0.15, -0.1) is 0 Å². The van der Waals surface area contributed by atoms with Crippen LogP contribution in [0.2, 0.25) is 0 Å². The maximum absolute atomic E-state index is 2.63. The summed E-state index contributed by atoms with van der Waals surface area (Å²) in [6.07, 6.45) is 11.5. The van der Waals surface area contributed by atoms with Crippen molar-refractivity contribution in [2.75, 3.05) is 0 Å². The smallest absolute Gasteiger partial charge is 0.00881 e. The van der Waals surface area contributed by atoms with Crippen LogP contribution in [0.1, 0.15) is 92.9 Å². The van der Waals surface area contributed by atoms with Crippen LogP contribution in [0.3, 0.4) is 0 Å². The molecule has 4 atom stereocenters. The Kier molecular flexibility index (Phi) is 3.62. The van der Waals surface area contributed by atoms with E-state index >= 15 is 0 Å². The molecule has 120 valence electrons. The van der Waals surface area contributed by atoms with Crippen LogP contribution in [-0.4, -0.2) is 0 Å². The van der Waals surface area contributed by atoms with E-state index in [-0.39, 0.29) is 0 Å². The Morgan fingerprint density at radius 2 is 1.67 bits per heavy atom. The van der Waals surface area contributed by atoms with Crippen molar-refractivity contribution < 1.29 is 0 Å². The average molecular weight is 289 g/mol. The van der Waals surface area contributed by atoms with Gasteiger partial charge in [-0.3, -0.25) is 0 Å². The van der Waals surface area contributed by atoms with Gasteiger partial charge in [-0.05, 0) is 73.5 Å². The summed E-state index contributed by atoms with van der Waals surface area (Å²) in [5, 5.41) is 0. The van der Waals surface area contributed by atoms with Gasteiger partial charge in [0.2, 0.25) is 0 Å². The van der Waals surface area contributed by atoms with E-state index in [1.807, 2.05) is 5.57 Å². The summed E-state index contributed by atoms with van der Waals surface area (Å²) in [6, 6.07) is 0. The molecular formula is C21H36. The van der Waals surface area contributed by atoms with Gasteiger partial charge >= 0.3 is 0 Å². The third-order valence-corrected chi connectivity index (χ3v) is 8.44. The van der Waals surface area contributed by atoms with Crippen LogP contribution < -0.4 is 0 Å². The van der Waals surface area contributed by atoms with E-state index in [1.165, 1.54) is 51.4 Å². The molecule has 2 bridgehead atoms. The molecule has 0 radical (unpaired) electrons. The molecule has 0 saturated heterocycles. The molecule has 0 aromatic heterocycles. The van der Waals surface area contributed by atoms with Gasteiger partial charge in [-0.2, -0.15) is 0 Å². The molecule has 3 rings (SSSR count). The van der Waals surface area contributed by atoms with E-state index in [0.717, 1.165) is 11.8 Å². The fourth-order valence-corrected chi connectivity index (χ4v) is 6.26. The van der Waals surface area contributed by atoms with E-state index in [1.54, 1.807) is 5.57 Å². The summed E-state index contributed by atoms with van der Waals surface area (Å²) < 4.78 is 0. The summed E-state index contributed by atoms with van der Waals surface area (Å²) in [6.45, 7) is 15.3.